The van der Waals surface area contributed by atoms with Gasteiger partial charge in [-0.25, -0.2) is 13.6 Å². The molecule has 1 heterocycles. The van der Waals surface area contributed by atoms with E-state index in [0.717, 1.165) is 12.1 Å². The molecule has 2 atom stereocenters. The molecular formula is C21H21F2N3O4. The van der Waals surface area contributed by atoms with Gasteiger partial charge in [0.1, 0.15) is 11.8 Å². The van der Waals surface area contributed by atoms with Gasteiger partial charge < -0.3 is 15.2 Å². The Bertz CT molecular complexity index is 953. The summed E-state index contributed by atoms with van der Waals surface area (Å²) in [6, 6.07) is 11.0. The minimum Gasteiger partial charge on any atom is -0.461 e. The summed E-state index contributed by atoms with van der Waals surface area (Å²) in [6.07, 6.45) is -1.21. The SMILES string of the molecule is CCOC(=O)C1=NN(c2ccccc2)C(C(=O)NCC(O)c2ccc(F)c(F)c2)C1. The zero-order valence-corrected chi connectivity index (χ0v) is 16.2. The Labute approximate surface area is 172 Å². The number of aliphatic hydroxyl groups excluding tert-OH is 1. The molecule has 0 saturated heterocycles. The van der Waals surface area contributed by atoms with Crippen molar-refractivity contribution in [2.24, 2.45) is 5.10 Å². The second-order valence-corrected chi connectivity index (χ2v) is 6.60. The number of hydrogen-bond acceptors (Lipinski definition) is 6. The third-order valence-electron chi connectivity index (χ3n) is 4.54. The molecule has 0 saturated carbocycles. The molecule has 158 valence electrons. The first-order valence-corrected chi connectivity index (χ1v) is 9.40. The number of esters is 1. The van der Waals surface area contributed by atoms with E-state index in [1.54, 1.807) is 31.2 Å². The summed E-state index contributed by atoms with van der Waals surface area (Å²) in [7, 11) is 0. The van der Waals surface area contributed by atoms with Crippen LogP contribution in [-0.4, -0.2) is 41.9 Å². The van der Waals surface area contributed by atoms with E-state index >= 15 is 0 Å². The van der Waals surface area contributed by atoms with Crippen molar-refractivity contribution in [1.29, 1.82) is 0 Å². The van der Waals surface area contributed by atoms with Crippen molar-refractivity contribution in [3.63, 3.8) is 0 Å². The lowest BCUT2D eigenvalue weighted by Gasteiger charge is -2.23. The largest absolute Gasteiger partial charge is 0.461 e. The average Bonchev–Trinajstić information content (AvgIpc) is 3.20. The van der Waals surface area contributed by atoms with Gasteiger partial charge in [0.15, 0.2) is 11.6 Å². The topological polar surface area (TPSA) is 91.2 Å². The minimum absolute atomic E-state index is 0.0286. The van der Waals surface area contributed by atoms with Gasteiger partial charge in [0.05, 0.1) is 18.4 Å². The maximum Gasteiger partial charge on any atom is 0.354 e. The zero-order valence-electron chi connectivity index (χ0n) is 16.2. The smallest absolute Gasteiger partial charge is 0.354 e. The van der Waals surface area contributed by atoms with E-state index < -0.39 is 35.7 Å². The van der Waals surface area contributed by atoms with Crippen molar-refractivity contribution < 1.29 is 28.2 Å². The number of rotatable bonds is 7. The summed E-state index contributed by atoms with van der Waals surface area (Å²) in [4.78, 5) is 24.9. The third-order valence-corrected chi connectivity index (χ3v) is 4.54. The Hall–Kier alpha value is -3.33. The van der Waals surface area contributed by atoms with Gasteiger partial charge in [-0.05, 0) is 36.8 Å². The fourth-order valence-electron chi connectivity index (χ4n) is 3.02. The summed E-state index contributed by atoms with van der Waals surface area (Å²) in [5.74, 6) is -3.20. The van der Waals surface area contributed by atoms with Crippen LogP contribution in [0.3, 0.4) is 0 Å². The lowest BCUT2D eigenvalue weighted by atomic mass is 10.1. The number of amides is 1. The molecule has 2 unspecified atom stereocenters. The van der Waals surface area contributed by atoms with Crippen molar-refractivity contribution in [3.05, 3.63) is 65.7 Å². The molecule has 0 spiro atoms. The van der Waals surface area contributed by atoms with E-state index in [4.69, 9.17) is 4.74 Å². The van der Waals surface area contributed by atoms with Crippen molar-refractivity contribution in [2.45, 2.75) is 25.5 Å². The highest BCUT2D eigenvalue weighted by molar-refractivity contribution is 6.38. The maximum absolute atomic E-state index is 13.4. The molecule has 2 aromatic rings. The van der Waals surface area contributed by atoms with Crippen LogP contribution in [0.4, 0.5) is 14.5 Å². The number of aliphatic hydroxyl groups is 1. The average molecular weight is 417 g/mol. The Balaban J connectivity index is 1.71. The van der Waals surface area contributed by atoms with Crippen LogP contribution in [0.15, 0.2) is 53.6 Å². The van der Waals surface area contributed by atoms with Crippen molar-refractivity contribution in [3.8, 4) is 0 Å². The van der Waals surface area contributed by atoms with Crippen molar-refractivity contribution in [1.82, 2.24) is 5.32 Å². The number of para-hydroxylation sites is 1. The van der Waals surface area contributed by atoms with Crippen LogP contribution in [0.2, 0.25) is 0 Å². The normalized spacial score (nSPS) is 16.7. The lowest BCUT2D eigenvalue weighted by molar-refractivity contribution is -0.135. The van der Waals surface area contributed by atoms with E-state index in [-0.39, 0.29) is 30.8 Å². The molecule has 2 aromatic carbocycles. The number of ether oxygens (including phenoxy) is 1. The van der Waals surface area contributed by atoms with Crippen LogP contribution >= 0.6 is 0 Å². The monoisotopic (exact) mass is 417 g/mol. The number of carbonyl (C=O) groups is 2. The second-order valence-electron chi connectivity index (χ2n) is 6.60. The number of hydrogen-bond donors (Lipinski definition) is 2. The zero-order chi connectivity index (χ0) is 21.7. The molecule has 1 aliphatic heterocycles. The van der Waals surface area contributed by atoms with Gasteiger partial charge >= 0.3 is 5.97 Å². The lowest BCUT2D eigenvalue weighted by Crippen LogP contribution is -2.44. The summed E-state index contributed by atoms with van der Waals surface area (Å²) < 4.78 is 31.4. The number of halogens is 2. The fraction of sp³-hybridized carbons (Fsp3) is 0.286. The molecule has 1 amide bonds. The fourth-order valence-corrected chi connectivity index (χ4v) is 3.02. The predicted molar refractivity (Wildman–Crippen MR) is 106 cm³/mol. The van der Waals surface area contributed by atoms with E-state index in [1.165, 1.54) is 11.1 Å². The van der Waals surface area contributed by atoms with Crippen LogP contribution in [0.25, 0.3) is 0 Å². The molecule has 0 fully saturated rings. The highest BCUT2D eigenvalue weighted by atomic mass is 19.2. The number of hydrazone groups is 1. The minimum atomic E-state index is -1.24. The van der Waals surface area contributed by atoms with Crippen LogP contribution in [0, 0.1) is 11.6 Å². The van der Waals surface area contributed by atoms with Gasteiger partial charge in [0.25, 0.3) is 0 Å². The van der Waals surface area contributed by atoms with Crippen LogP contribution in [-0.2, 0) is 14.3 Å². The second kappa shape index (κ2) is 9.45. The Morgan fingerprint density at radius 2 is 1.97 bits per heavy atom. The molecular weight excluding hydrogens is 396 g/mol. The Morgan fingerprint density at radius 1 is 1.23 bits per heavy atom. The molecule has 0 aromatic heterocycles. The molecule has 3 rings (SSSR count). The van der Waals surface area contributed by atoms with Gasteiger partial charge in [-0.15, -0.1) is 0 Å². The molecule has 0 bridgehead atoms. The molecule has 1 aliphatic rings. The van der Waals surface area contributed by atoms with Gasteiger partial charge in [-0.1, -0.05) is 24.3 Å². The predicted octanol–water partition coefficient (Wildman–Crippen LogP) is 2.31. The molecule has 7 nitrogen and oxygen atoms in total. The Kier molecular flexibility index (Phi) is 6.73. The highest BCUT2D eigenvalue weighted by Gasteiger charge is 2.36. The first kappa shape index (κ1) is 21.4. The van der Waals surface area contributed by atoms with Crippen LogP contribution in [0.1, 0.15) is 25.0 Å². The third kappa shape index (κ3) is 4.80. The van der Waals surface area contributed by atoms with Crippen molar-refractivity contribution in [2.75, 3.05) is 18.2 Å². The summed E-state index contributed by atoms with van der Waals surface area (Å²) in [5.41, 5.74) is 0.851. The number of benzene rings is 2. The molecule has 0 radical (unpaired) electrons. The van der Waals surface area contributed by atoms with Gasteiger partial charge in [-0.2, -0.15) is 5.10 Å². The maximum atomic E-state index is 13.4. The molecule has 2 N–H and O–H groups in total. The first-order chi connectivity index (χ1) is 14.4. The quantitative estimate of drug-likeness (QED) is 0.675. The summed E-state index contributed by atoms with van der Waals surface area (Å²) in [5, 5.41) is 18.4. The van der Waals surface area contributed by atoms with E-state index in [1.807, 2.05) is 6.07 Å². The number of nitrogens with zero attached hydrogens (tertiary/aromatic N) is 2. The number of carbonyl (C=O) groups excluding carboxylic acids is 2. The highest BCUT2D eigenvalue weighted by Crippen LogP contribution is 2.25. The Morgan fingerprint density at radius 3 is 2.63 bits per heavy atom. The molecule has 9 heteroatoms. The van der Waals surface area contributed by atoms with Crippen LogP contribution in [0.5, 0.6) is 0 Å². The van der Waals surface area contributed by atoms with Crippen molar-refractivity contribution >= 4 is 23.3 Å². The van der Waals surface area contributed by atoms with E-state index in [9.17, 15) is 23.5 Å². The van der Waals surface area contributed by atoms with E-state index in [2.05, 4.69) is 10.4 Å². The van der Waals surface area contributed by atoms with Gasteiger partial charge in [-0.3, -0.25) is 9.80 Å². The summed E-state index contributed by atoms with van der Waals surface area (Å²) in [6.45, 7) is 1.63. The number of nitrogens with one attached hydrogen (secondary N) is 1. The molecule has 30 heavy (non-hydrogen) atoms. The standard InChI is InChI=1S/C21H21F2N3O4/c1-2-30-21(29)17-11-18(26(25-17)14-6-4-3-5-7-14)20(28)24-12-19(27)13-8-9-15(22)16(23)10-13/h3-10,18-19,27H,2,11-12H2,1H3,(H,24,28). The first-order valence-electron chi connectivity index (χ1n) is 9.40. The summed E-state index contributed by atoms with van der Waals surface area (Å²) >= 11 is 0. The van der Waals surface area contributed by atoms with Crippen LogP contribution < -0.4 is 10.3 Å². The van der Waals surface area contributed by atoms with E-state index in [0.29, 0.717) is 5.69 Å². The number of anilines is 1. The van der Waals surface area contributed by atoms with Gasteiger partial charge in [0, 0.05) is 13.0 Å². The van der Waals surface area contributed by atoms with Gasteiger partial charge in [0.2, 0.25) is 5.91 Å². The molecule has 0 aliphatic carbocycles.